The zero-order valence-corrected chi connectivity index (χ0v) is 16.0. The van der Waals surface area contributed by atoms with Crippen molar-refractivity contribution in [2.75, 3.05) is 36.5 Å². The molecule has 0 saturated carbocycles. The van der Waals surface area contributed by atoms with Gasteiger partial charge < -0.3 is 15.0 Å². The molecule has 3 aromatic rings. The number of morpholine rings is 1. The van der Waals surface area contributed by atoms with Crippen molar-refractivity contribution in [3.8, 4) is 0 Å². The molecule has 0 bridgehead atoms. The molecular weight excluding hydrogens is 384 g/mol. The summed E-state index contributed by atoms with van der Waals surface area (Å²) in [5.74, 6) is 0.132. The predicted molar refractivity (Wildman–Crippen MR) is 102 cm³/mol. The van der Waals surface area contributed by atoms with Crippen molar-refractivity contribution in [2.45, 2.75) is 26.3 Å². The summed E-state index contributed by atoms with van der Waals surface area (Å²) >= 11 is 0. The molecule has 3 aromatic heterocycles. The Morgan fingerprint density at radius 2 is 2.03 bits per heavy atom. The second-order valence-electron chi connectivity index (χ2n) is 6.97. The molecule has 29 heavy (non-hydrogen) atoms. The fraction of sp³-hybridized carbons (Fsp3) is 0.444. The maximum absolute atomic E-state index is 13.3. The summed E-state index contributed by atoms with van der Waals surface area (Å²) in [7, 11) is 0. The van der Waals surface area contributed by atoms with Crippen LogP contribution in [0.4, 0.5) is 20.3 Å². The minimum atomic E-state index is -2.81. The van der Waals surface area contributed by atoms with Crippen molar-refractivity contribution in [1.29, 1.82) is 0 Å². The van der Waals surface area contributed by atoms with E-state index in [1.54, 1.807) is 6.20 Å². The number of hydrogen-bond acceptors (Lipinski definition) is 6. The van der Waals surface area contributed by atoms with Crippen LogP contribution in [-0.2, 0) is 4.74 Å². The van der Waals surface area contributed by atoms with Gasteiger partial charge in [0.05, 0.1) is 25.1 Å². The highest BCUT2D eigenvalue weighted by Crippen LogP contribution is 2.27. The number of nitrogens with one attached hydrogen (secondary N) is 1. The normalized spacial score (nSPS) is 14.9. The first-order chi connectivity index (χ1) is 13.9. The van der Waals surface area contributed by atoms with E-state index in [-0.39, 0.29) is 17.3 Å². The first-order valence-corrected chi connectivity index (χ1v) is 9.29. The van der Waals surface area contributed by atoms with Gasteiger partial charge in [-0.3, -0.25) is 9.48 Å². The highest BCUT2D eigenvalue weighted by molar-refractivity contribution is 6.08. The molecule has 11 heteroatoms. The minimum absolute atomic E-state index is 0.0256. The molecule has 154 valence electrons. The van der Waals surface area contributed by atoms with Gasteiger partial charge in [-0.15, -0.1) is 0 Å². The smallest absolute Gasteiger partial charge is 0.284 e. The van der Waals surface area contributed by atoms with E-state index in [1.165, 1.54) is 21.6 Å². The largest absolute Gasteiger partial charge is 0.378 e. The number of alkyl halides is 2. The number of nitrogens with zero attached hydrogens (tertiary/aromatic N) is 6. The zero-order chi connectivity index (χ0) is 20.5. The molecule has 1 N–H and O–H groups in total. The lowest BCUT2D eigenvalue weighted by Crippen LogP contribution is -2.36. The maximum atomic E-state index is 13.3. The van der Waals surface area contributed by atoms with E-state index in [1.807, 2.05) is 19.9 Å². The van der Waals surface area contributed by atoms with E-state index < -0.39 is 18.0 Å². The van der Waals surface area contributed by atoms with Gasteiger partial charge in [0, 0.05) is 31.5 Å². The van der Waals surface area contributed by atoms with E-state index in [4.69, 9.17) is 4.74 Å². The van der Waals surface area contributed by atoms with E-state index in [2.05, 4.69) is 25.4 Å². The van der Waals surface area contributed by atoms with Crippen LogP contribution < -0.4 is 10.2 Å². The number of hydrogen-bond donors (Lipinski definition) is 1. The molecule has 0 aliphatic carbocycles. The third-order valence-corrected chi connectivity index (χ3v) is 4.68. The van der Waals surface area contributed by atoms with E-state index in [0.29, 0.717) is 37.8 Å². The van der Waals surface area contributed by atoms with Crippen LogP contribution in [0.5, 0.6) is 0 Å². The minimum Gasteiger partial charge on any atom is -0.378 e. The third-order valence-electron chi connectivity index (χ3n) is 4.68. The average molecular weight is 405 g/mol. The Kier molecular flexibility index (Phi) is 5.14. The fourth-order valence-electron chi connectivity index (χ4n) is 3.11. The topological polar surface area (TPSA) is 89.6 Å². The molecule has 0 aromatic carbocycles. The standard InChI is InChI=1S/C18H21F2N7O2/c1-11(2)27-10-13(15(24-27)16(19)20)22-18(28)12-9-21-26-4-3-14(23-17(12)26)25-5-7-29-8-6-25/h3-4,9-11,16H,5-8H2,1-2H3,(H,22,28). The van der Waals surface area contributed by atoms with Gasteiger partial charge in [-0.1, -0.05) is 0 Å². The van der Waals surface area contributed by atoms with Gasteiger partial charge in [0.2, 0.25) is 0 Å². The molecule has 4 heterocycles. The molecule has 0 unspecified atom stereocenters. The van der Waals surface area contributed by atoms with Crippen molar-refractivity contribution in [3.63, 3.8) is 0 Å². The second kappa shape index (κ2) is 7.74. The number of halogens is 2. The zero-order valence-electron chi connectivity index (χ0n) is 16.0. The number of carbonyl (C=O) groups excluding carboxylic acids is 1. The number of anilines is 2. The summed E-state index contributed by atoms with van der Waals surface area (Å²) in [4.78, 5) is 19.4. The number of fused-ring (bicyclic) bond motifs is 1. The summed E-state index contributed by atoms with van der Waals surface area (Å²) in [5, 5.41) is 10.5. The monoisotopic (exact) mass is 405 g/mol. The molecule has 0 radical (unpaired) electrons. The Morgan fingerprint density at radius 1 is 1.28 bits per heavy atom. The van der Waals surface area contributed by atoms with Crippen LogP contribution in [0.1, 0.15) is 42.4 Å². The van der Waals surface area contributed by atoms with Crippen LogP contribution >= 0.6 is 0 Å². The van der Waals surface area contributed by atoms with Gasteiger partial charge >= 0.3 is 0 Å². The van der Waals surface area contributed by atoms with Gasteiger partial charge in [0.15, 0.2) is 11.3 Å². The molecule has 4 rings (SSSR count). The number of ether oxygens (including phenoxy) is 1. The average Bonchev–Trinajstić information content (AvgIpc) is 3.32. The Balaban J connectivity index is 1.63. The van der Waals surface area contributed by atoms with Crippen LogP contribution in [-0.4, -0.2) is 56.6 Å². The molecule has 0 atom stereocenters. The number of carbonyl (C=O) groups is 1. The third kappa shape index (κ3) is 3.77. The lowest BCUT2D eigenvalue weighted by atomic mass is 10.3. The van der Waals surface area contributed by atoms with Gasteiger partial charge in [0.25, 0.3) is 12.3 Å². The van der Waals surface area contributed by atoms with Crippen LogP contribution in [0.2, 0.25) is 0 Å². The first kappa shape index (κ1) is 19.2. The Hall–Kier alpha value is -3.08. The fourth-order valence-corrected chi connectivity index (χ4v) is 3.11. The highest BCUT2D eigenvalue weighted by Gasteiger charge is 2.23. The Labute approximate surface area is 165 Å². The van der Waals surface area contributed by atoms with E-state index >= 15 is 0 Å². The summed E-state index contributed by atoms with van der Waals surface area (Å²) in [6.45, 7) is 6.24. The Bertz CT molecular complexity index is 1020. The van der Waals surface area contributed by atoms with E-state index in [0.717, 1.165) is 0 Å². The lowest BCUT2D eigenvalue weighted by Gasteiger charge is -2.27. The Morgan fingerprint density at radius 3 is 2.72 bits per heavy atom. The van der Waals surface area contributed by atoms with Crippen molar-refractivity contribution >= 4 is 23.1 Å². The van der Waals surface area contributed by atoms with Crippen LogP contribution in [0.25, 0.3) is 5.65 Å². The van der Waals surface area contributed by atoms with Crippen LogP contribution in [0, 0.1) is 0 Å². The van der Waals surface area contributed by atoms with Gasteiger partial charge in [-0.05, 0) is 19.9 Å². The number of amides is 1. The van der Waals surface area contributed by atoms with Crippen LogP contribution in [0.15, 0.2) is 24.7 Å². The molecule has 9 nitrogen and oxygen atoms in total. The lowest BCUT2D eigenvalue weighted by molar-refractivity contribution is 0.102. The van der Waals surface area contributed by atoms with E-state index in [9.17, 15) is 13.6 Å². The maximum Gasteiger partial charge on any atom is 0.284 e. The van der Waals surface area contributed by atoms with Crippen molar-refractivity contribution in [1.82, 2.24) is 24.4 Å². The summed E-state index contributed by atoms with van der Waals surface area (Å²) in [6.07, 6.45) is 1.68. The molecular formula is C18H21F2N7O2. The van der Waals surface area contributed by atoms with Gasteiger partial charge in [-0.25, -0.2) is 18.3 Å². The second-order valence-corrected chi connectivity index (χ2v) is 6.97. The molecule has 1 saturated heterocycles. The van der Waals surface area contributed by atoms with Crippen molar-refractivity contribution in [3.05, 3.63) is 35.9 Å². The first-order valence-electron chi connectivity index (χ1n) is 9.29. The molecule has 1 aliphatic rings. The van der Waals surface area contributed by atoms with Gasteiger partial charge in [0.1, 0.15) is 11.4 Å². The molecule has 0 spiro atoms. The quantitative estimate of drug-likeness (QED) is 0.702. The predicted octanol–water partition coefficient (Wildman–Crippen LogP) is 2.53. The molecule has 1 amide bonds. The summed E-state index contributed by atoms with van der Waals surface area (Å²) in [5.41, 5.74) is 0.0480. The summed E-state index contributed by atoms with van der Waals surface area (Å²) < 4.78 is 34.9. The highest BCUT2D eigenvalue weighted by atomic mass is 19.3. The summed E-state index contributed by atoms with van der Waals surface area (Å²) in [6, 6.07) is 1.70. The van der Waals surface area contributed by atoms with Crippen molar-refractivity contribution < 1.29 is 18.3 Å². The molecule has 1 fully saturated rings. The van der Waals surface area contributed by atoms with Gasteiger partial charge in [-0.2, -0.15) is 10.2 Å². The SMILES string of the molecule is CC(C)n1cc(NC(=O)c2cnn3ccc(N4CCOCC4)nc23)c(C(F)F)n1. The molecule has 1 aliphatic heterocycles. The number of aromatic nitrogens is 5. The van der Waals surface area contributed by atoms with Crippen LogP contribution in [0.3, 0.4) is 0 Å². The van der Waals surface area contributed by atoms with Crippen molar-refractivity contribution in [2.24, 2.45) is 0 Å². The number of rotatable bonds is 5.